The Hall–Kier alpha value is -1.49. The summed E-state index contributed by atoms with van der Waals surface area (Å²) in [4.78, 5) is 28.9. The van der Waals surface area contributed by atoms with Crippen LogP contribution in [0.25, 0.3) is 0 Å². The number of carbonyl (C=O) groups excluding carboxylic acids is 2. The number of hydroxylamine groups is 1. The van der Waals surface area contributed by atoms with Gasteiger partial charge in [-0.3, -0.25) is 9.63 Å². The van der Waals surface area contributed by atoms with Crippen molar-refractivity contribution in [3.05, 3.63) is 28.2 Å². The number of hydrogen-bond donors (Lipinski definition) is 1. The van der Waals surface area contributed by atoms with Gasteiger partial charge in [0.15, 0.2) is 6.61 Å². The number of benzene rings is 1. The van der Waals surface area contributed by atoms with E-state index in [-0.39, 0.29) is 16.5 Å². The fourth-order valence-corrected chi connectivity index (χ4v) is 3.91. The van der Waals surface area contributed by atoms with Crippen molar-refractivity contribution in [3.63, 3.8) is 0 Å². The van der Waals surface area contributed by atoms with Crippen LogP contribution < -0.4 is 5.32 Å². The molecule has 0 aliphatic rings. The fraction of sp³-hybridized carbons (Fsp3) is 0.579. The highest BCUT2D eigenvalue weighted by atomic mass is 79.9. The molecule has 29 heavy (non-hydrogen) atoms. The summed E-state index contributed by atoms with van der Waals surface area (Å²) in [6, 6.07) is 3.90. The second kappa shape index (κ2) is 11.6. The number of amides is 1. The van der Waals surface area contributed by atoms with E-state index in [0.29, 0.717) is 14.9 Å². The highest BCUT2D eigenvalue weighted by Gasteiger charge is 2.24. The summed E-state index contributed by atoms with van der Waals surface area (Å²) in [5, 5.41) is 2.79. The SMILES string of the molecule is CON(C)S(=O)(=O)c1ccc(Br)c(C(=O)OCC(=O)NC(C)CCCC(C)C)c1. The summed E-state index contributed by atoms with van der Waals surface area (Å²) in [6.45, 7) is 5.74. The number of hydrogen-bond acceptors (Lipinski definition) is 6. The molecule has 0 saturated carbocycles. The maximum atomic E-state index is 12.3. The number of esters is 1. The topological polar surface area (TPSA) is 102 Å². The Labute approximate surface area is 181 Å². The average Bonchev–Trinajstić information content (AvgIpc) is 2.65. The summed E-state index contributed by atoms with van der Waals surface area (Å²) >= 11 is 3.20. The molecule has 1 rings (SSSR count). The van der Waals surface area contributed by atoms with Crippen LogP contribution in [0.2, 0.25) is 0 Å². The Kier molecular flexibility index (Phi) is 10.2. The van der Waals surface area contributed by atoms with Crippen LogP contribution in [-0.4, -0.2) is 51.6 Å². The zero-order valence-electron chi connectivity index (χ0n) is 17.4. The molecule has 1 amide bonds. The van der Waals surface area contributed by atoms with Gasteiger partial charge in [0.1, 0.15) is 0 Å². The molecular weight excluding hydrogens is 464 g/mol. The second-order valence-electron chi connectivity index (χ2n) is 7.11. The van der Waals surface area contributed by atoms with Gasteiger partial charge in [-0.05, 0) is 53.4 Å². The first-order chi connectivity index (χ1) is 13.5. The Morgan fingerprint density at radius 2 is 1.86 bits per heavy atom. The third-order valence-corrected chi connectivity index (χ3v) is 6.58. The first kappa shape index (κ1) is 25.5. The van der Waals surface area contributed by atoms with Crippen LogP contribution in [0.3, 0.4) is 0 Å². The van der Waals surface area contributed by atoms with E-state index >= 15 is 0 Å². The molecule has 1 atom stereocenters. The molecule has 0 fully saturated rings. The van der Waals surface area contributed by atoms with Crippen molar-refractivity contribution < 1.29 is 27.6 Å². The van der Waals surface area contributed by atoms with E-state index in [1.165, 1.54) is 32.4 Å². The number of carbonyl (C=O) groups is 2. The molecule has 0 aromatic heterocycles. The number of halogens is 1. The summed E-state index contributed by atoms with van der Waals surface area (Å²) in [7, 11) is -1.47. The lowest BCUT2D eigenvalue weighted by Gasteiger charge is -2.16. The number of sulfonamides is 1. The van der Waals surface area contributed by atoms with Gasteiger partial charge in [0.2, 0.25) is 0 Å². The summed E-state index contributed by atoms with van der Waals surface area (Å²) in [5.41, 5.74) is -0.00615. The minimum atomic E-state index is -3.92. The first-order valence-electron chi connectivity index (χ1n) is 9.28. The van der Waals surface area contributed by atoms with Gasteiger partial charge < -0.3 is 10.1 Å². The van der Waals surface area contributed by atoms with Crippen molar-refractivity contribution in [1.82, 2.24) is 9.79 Å². The van der Waals surface area contributed by atoms with E-state index in [2.05, 4.69) is 35.1 Å². The highest BCUT2D eigenvalue weighted by Crippen LogP contribution is 2.23. The Morgan fingerprint density at radius 1 is 1.21 bits per heavy atom. The van der Waals surface area contributed by atoms with Crippen molar-refractivity contribution >= 4 is 37.8 Å². The summed E-state index contributed by atoms with van der Waals surface area (Å²) < 4.78 is 30.7. The lowest BCUT2D eigenvalue weighted by atomic mass is 10.0. The van der Waals surface area contributed by atoms with Crippen LogP contribution in [0.5, 0.6) is 0 Å². The van der Waals surface area contributed by atoms with E-state index in [1.54, 1.807) is 0 Å². The maximum absolute atomic E-state index is 12.3. The van der Waals surface area contributed by atoms with Crippen LogP contribution in [0, 0.1) is 5.92 Å². The number of nitrogens with zero attached hydrogens (tertiary/aromatic N) is 1. The fourth-order valence-electron chi connectivity index (χ4n) is 2.50. The molecular formula is C19H29BrN2O6S. The number of nitrogens with one attached hydrogen (secondary N) is 1. The molecule has 0 radical (unpaired) electrons. The molecule has 164 valence electrons. The zero-order chi connectivity index (χ0) is 22.2. The Morgan fingerprint density at radius 3 is 2.45 bits per heavy atom. The van der Waals surface area contributed by atoms with E-state index in [9.17, 15) is 18.0 Å². The van der Waals surface area contributed by atoms with Crippen LogP contribution in [0.4, 0.5) is 0 Å². The molecule has 1 aromatic carbocycles. The van der Waals surface area contributed by atoms with Crippen molar-refractivity contribution in [2.24, 2.45) is 5.92 Å². The smallest absolute Gasteiger partial charge is 0.339 e. The molecule has 8 nitrogen and oxygen atoms in total. The molecule has 1 N–H and O–H groups in total. The molecule has 0 heterocycles. The molecule has 0 aliphatic heterocycles. The van der Waals surface area contributed by atoms with E-state index in [4.69, 9.17) is 9.57 Å². The molecule has 1 aromatic rings. The normalized spacial score (nSPS) is 12.8. The van der Waals surface area contributed by atoms with E-state index in [0.717, 1.165) is 19.3 Å². The Bertz CT molecular complexity index is 813. The van der Waals surface area contributed by atoms with Gasteiger partial charge in [0, 0.05) is 17.6 Å². The third-order valence-electron chi connectivity index (χ3n) is 4.21. The van der Waals surface area contributed by atoms with Gasteiger partial charge in [-0.2, -0.15) is 0 Å². The minimum Gasteiger partial charge on any atom is -0.452 e. The van der Waals surface area contributed by atoms with Crippen molar-refractivity contribution in [3.8, 4) is 0 Å². The van der Waals surface area contributed by atoms with Crippen molar-refractivity contribution in [1.29, 1.82) is 0 Å². The van der Waals surface area contributed by atoms with Gasteiger partial charge in [0.05, 0.1) is 17.6 Å². The monoisotopic (exact) mass is 492 g/mol. The zero-order valence-corrected chi connectivity index (χ0v) is 19.8. The quantitative estimate of drug-likeness (QED) is 0.376. The first-order valence-corrected chi connectivity index (χ1v) is 11.5. The van der Waals surface area contributed by atoms with Gasteiger partial charge in [-0.25, -0.2) is 13.2 Å². The van der Waals surface area contributed by atoms with Crippen LogP contribution in [0.15, 0.2) is 27.6 Å². The maximum Gasteiger partial charge on any atom is 0.339 e. The number of rotatable bonds is 11. The predicted molar refractivity (Wildman–Crippen MR) is 113 cm³/mol. The number of ether oxygens (including phenoxy) is 1. The van der Waals surface area contributed by atoms with Gasteiger partial charge in [-0.15, -0.1) is 0 Å². The van der Waals surface area contributed by atoms with Gasteiger partial charge in [0.25, 0.3) is 15.9 Å². The third kappa shape index (κ3) is 8.04. The van der Waals surface area contributed by atoms with Crippen molar-refractivity contribution in [2.45, 2.75) is 51.0 Å². The van der Waals surface area contributed by atoms with Gasteiger partial charge >= 0.3 is 5.97 Å². The Balaban J connectivity index is 2.71. The van der Waals surface area contributed by atoms with Crippen LogP contribution >= 0.6 is 15.9 Å². The minimum absolute atomic E-state index is 0.00615. The van der Waals surface area contributed by atoms with E-state index in [1.807, 2.05) is 6.92 Å². The molecule has 1 unspecified atom stereocenters. The predicted octanol–water partition coefficient (Wildman–Crippen LogP) is 3.12. The molecule has 0 bridgehead atoms. The van der Waals surface area contributed by atoms with Crippen molar-refractivity contribution in [2.75, 3.05) is 20.8 Å². The second-order valence-corrected chi connectivity index (χ2v) is 9.90. The molecule has 0 aliphatic carbocycles. The van der Waals surface area contributed by atoms with Crippen LogP contribution in [0.1, 0.15) is 50.4 Å². The average molecular weight is 493 g/mol. The molecule has 0 saturated heterocycles. The van der Waals surface area contributed by atoms with Gasteiger partial charge in [-0.1, -0.05) is 31.2 Å². The summed E-state index contributed by atoms with van der Waals surface area (Å²) in [5.74, 6) is -0.605. The lowest BCUT2D eigenvalue weighted by molar-refractivity contribution is -0.124. The standard InChI is InChI=1S/C19H29BrN2O6S/c1-13(2)7-6-8-14(3)21-18(23)12-28-19(24)16-11-15(9-10-17(16)20)29(25,26)22(4)27-5/h9-11,13-14H,6-8,12H2,1-5H3,(H,21,23). The molecule has 10 heteroatoms. The summed E-state index contributed by atoms with van der Waals surface area (Å²) in [6.07, 6.45) is 2.93. The lowest BCUT2D eigenvalue weighted by Crippen LogP contribution is -2.35. The van der Waals surface area contributed by atoms with Crippen LogP contribution in [-0.2, 0) is 24.4 Å². The largest absolute Gasteiger partial charge is 0.452 e. The highest BCUT2D eigenvalue weighted by molar-refractivity contribution is 9.10. The van der Waals surface area contributed by atoms with E-state index < -0.39 is 28.5 Å². The molecule has 0 spiro atoms.